The van der Waals surface area contributed by atoms with Crippen LogP contribution in [-0.2, 0) is 0 Å². The molecule has 0 aliphatic rings. The predicted molar refractivity (Wildman–Crippen MR) is 45.3 cm³/mol. The molecule has 1 aromatic carbocycles. The number of carboxylic acids is 1. The molecule has 4 heteroatoms. The van der Waals surface area contributed by atoms with E-state index in [1.54, 1.807) is 19.1 Å². The summed E-state index contributed by atoms with van der Waals surface area (Å²) < 4.78 is 0.283. The van der Waals surface area contributed by atoms with Crippen molar-refractivity contribution in [3.8, 4) is 5.75 Å². The minimum Gasteiger partial charge on any atom is -0.871 e. The van der Waals surface area contributed by atoms with Crippen molar-refractivity contribution in [2.75, 3.05) is 0 Å². The van der Waals surface area contributed by atoms with Gasteiger partial charge in [0.2, 0.25) is 0 Å². The number of benzene rings is 1. The summed E-state index contributed by atoms with van der Waals surface area (Å²) in [6, 6.07) is 3.14. The summed E-state index contributed by atoms with van der Waals surface area (Å²) >= 11 is 2.97. The number of carboxylic acid groups (broad SMARTS) is 1. The van der Waals surface area contributed by atoms with E-state index < -0.39 is 11.7 Å². The first-order chi connectivity index (χ1) is 5.54. The zero-order valence-electron chi connectivity index (χ0n) is 6.30. The minimum absolute atomic E-state index is 0.163. The molecule has 3 nitrogen and oxygen atoms in total. The Morgan fingerprint density at radius 2 is 2.17 bits per heavy atom. The van der Waals surface area contributed by atoms with Crippen molar-refractivity contribution in [3.05, 3.63) is 27.7 Å². The summed E-state index contributed by atoms with van der Waals surface area (Å²) in [5.41, 5.74) is 0.320. The minimum atomic E-state index is -1.18. The van der Waals surface area contributed by atoms with Crippen LogP contribution in [0.15, 0.2) is 16.6 Å². The summed E-state index contributed by atoms with van der Waals surface area (Å²) in [5.74, 6) is -1.65. The Labute approximate surface area is 77.8 Å². The summed E-state index contributed by atoms with van der Waals surface area (Å²) in [6.45, 7) is 1.59. The topological polar surface area (TPSA) is 60.4 Å². The highest BCUT2D eigenvalue weighted by molar-refractivity contribution is 9.10. The lowest BCUT2D eigenvalue weighted by atomic mass is 10.1. The normalized spacial score (nSPS) is 9.83. The molecule has 12 heavy (non-hydrogen) atoms. The van der Waals surface area contributed by atoms with Crippen LogP contribution >= 0.6 is 15.9 Å². The van der Waals surface area contributed by atoms with Crippen LogP contribution in [0.4, 0.5) is 0 Å². The van der Waals surface area contributed by atoms with Gasteiger partial charge in [-0.3, -0.25) is 0 Å². The van der Waals surface area contributed by atoms with Crippen LogP contribution < -0.4 is 5.11 Å². The molecular formula is C8H6BrO3-. The van der Waals surface area contributed by atoms with Gasteiger partial charge in [0.1, 0.15) is 0 Å². The van der Waals surface area contributed by atoms with E-state index in [-0.39, 0.29) is 10.0 Å². The van der Waals surface area contributed by atoms with E-state index in [2.05, 4.69) is 15.9 Å². The Bertz CT molecular complexity index is 333. The smallest absolute Gasteiger partial charge is 0.335 e. The van der Waals surface area contributed by atoms with Crippen molar-refractivity contribution < 1.29 is 15.0 Å². The van der Waals surface area contributed by atoms with Gasteiger partial charge in [-0.05, 0) is 18.6 Å². The molecule has 0 atom stereocenters. The number of halogens is 1. The van der Waals surface area contributed by atoms with Crippen molar-refractivity contribution >= 4 is 21.9 Å². The van der Waals surface area contributed by atoms with Gasteiger partial charge in [-0.2, -0.15) is 0 Å². The molecule has 0 aliphatic heterocycles. The maximum absolute atomic E-state index is 11.2. The molecule has 0 radical (unpaired) electrons. The highest BCUT2D eigenvalue weighted by Crippen LogP contribution is 2.27. The predicted octanol–water partition coefficient (Wildman–Crippen LogP) is 1.53. The molecule has 0 fully saturated rings. The van der Waals surface area contributed by atoms with Gasteiger partial charge in [0, 0.05) is 4.47 Å². The molecule has 1 aromatic rings. The SMILES string of the molecule is Cc1ccc(Br)c([O-])c1C(=O)O. The van der Waals surface area contributed by atoms with E-state index in [9.17, 15) is 9.90 Å². The lowest BCUT2D eigenvalue weighted by Crippen LogP contribution is -2.06. The molecule has 1 N–H and O–H groups in total. The Morgan fingerprint density at radius 1 is 1.58 bits per heavy atom. The van der Waals surface area contributed by atoms with Crippen molar-refractivity contribution in [2.24, 2.45) is 0 Å². The molecule has 0 bridgehead atoms. The van der Waals surface area contributed by atoms with Gasteiger partial charge in [-0.1, -0.05) is 27.7 Å². The van der Waals surface area contributed by atoms with E-state index in [4.69, 9.17) is 5.11 Å². The standard InChI is InChI=1S/C8H7BrO3/c1-4-2-3-5(9)7(10)6(4)8(11)12/h2-3,10H,1H3,(H,11,12)/p-1. The maximum atomic E-state index is 11.2. The second kappa shape index (κ2) is 3.15. The highest BCUT2D eigenvalue weighted by atomic mass is 79.9. The van der Waals surface area contributed by atoms with E-state index in [0.29, 0.717) is 5.56 Å². The fourth-order valence-corrected chi connectivity index (χ4v) is 1.25. The molecule has 0 heterocycles. The van der Waals surface area contributed by atoms with Gasteiger partial charge in [0.05, 0.1) is 5.56 Å². The molecule has 0 aliphatic carbocycles. The third-order valence-electron chi connectivity index (χ3n) is 1.53. The van der Waals surface area contributed by atoms with E-state index in [1.807, 2.05) is 0 Å². The second-order valence-electron chi connectivity index (χ2n) is 2.37. The number of aromatic carboxylic acids is 1. The lowest BCUT2D eigenvalue weighted by molar-refractivity contribution is -0.270. The van der Waals surface area contributed by atoms with Gasteiger partial charge in [0.25, 0.3) is 0 Å². The molecule has 0 aromatic heterocycles. The summed E-state index contributed by atoms with van der Waals surface area (Å²) in [5, 5.41) is 19.9. The van der Waals surface area contributed by atoms with Crippen molar-refractivity contribution in [1.29, 1.82) is 0 Å². The first-order valence-electron chi connectivity index (χ1n) is 3.23. The van der Waals surface area contributed by atoms with Crippen LogP contribution in [-0.4, -0.2) is 11.1 Å². The monoisotopic (exact) mass is 229 g/mol. The first kappa shape index (κ1) is 9.06. The van der Waals surface area contributed by atoms with Crippen molar-refractivity contribution in [1.82, 2.24) is 0 Å². The van der Waals surface area contributed by atoms with Gasteiger partial charge in [-0.15, -0.1) is 0 Å². The fraction of sp³-hybridized carbons (Fsp3) is 0.125. The van der Waals surface area contributed by atoms with Crippen molar-refractivity contribution in [2.45, 2.75) is 6.92 Å². The highest BCUT2D eigenvalue weighted by Gasteiger charge is 2.08. The van der Waals surface area contributed by atoms with Gasteiger partial charge in [-0.25, -0.2) is 4.79 Å². The third-order valence-corrected chi connectivity index (χ3v) is 2.16. The first-order valence-corrected chi connectivity index (χ1v) is 4.02. The second-order valence-corrected chi connectivity index (χ2v) is 3.23. The van der Waals surface area contributed by atoms with Crippen LogP contribution in [0.1, 0.15) is 15.9 Å². The Balaban J connectivity index is 3.43. The largest absolute Gasteiger partial charge is 0.871 e. The molecule has 64 valence electrons. The molecule has 0 spiro atoms. The van der Waals surface area contributed by atoms with Crippen LogP contribution in [0.5, 0.6) is 5.75 Å². The number of carbonyl (C=O) groups is 1. The molecule has 0 amide bonds. The summed E-state index contributed by atoms with van der Waals surface area (Å²) in [7, 11) is 0. The molecule has 1 rings (SSSR count). The zero-order valence-corrected chi connectivity index (χ0v) is 7.88. The molecule has 0 saturated heterocycles. The summed E-state index contributed by atoms with van der Waals surface area (Å²) in [6.07, 6.45) is 0. The average Bonchev–Trinajstić information content (AvgIpc) is 1.97. The van der Waals surface area contributed by atoms with Gasteiger partial charge >= 0.3 is 5.97 Å². The fourth-order valence-electron chi connectivity index (χ4n) is 0.921. The number of hydrogen-bond acceptors (Lipinski definition) is 2. The summed E-state index contributed by atoms with van der Waals surface area (Å²) in [4.78, 5) is 10.6. The van der Waals surface area contributed by atoms with E-state index in [1.165, 1.54) is 0 Å². The lowest BCUT2D eigenvalue weighted by Gasteiger charge is -2.14. The number of hydrogen-bond donors (Lipinski definition) is 1. The Morgan fingerprint density at radius 3 is 2.58 bits per heavy atom. The third kappa shape index (κ3) is 1.43. The van der Waals surface area contributed by atoms with Gasteiger partial charge < -0.3 is 10.2 Å². The molecular weight excluding hydrogens is 224 g/mol. The van der Waals surface area contributed by atoms with Crippen LogP contribution in [0.25, 0.3) is 0 Å². The molecule has 0 saturated carbocycles. The zero-order chi connectivity index (χ0) is 9.30. The maximum Gasteiger partial charge on any atom is 0.335 e. The van der Waals surface area contributed by atoms with Crippen molar-refractivity contribution in [3.63, 3.8) is 0 Å². The number of rotatable bonds is 1. The quantitative estimate of drug-likeness (QED) is 0.795. The van der Waals surface area contributed by atoms with Gasteiger partial charge in [0.15, 0.2) is 0 Å². The Hall–Kier alpha value is -1.03. The number of aryl methyl sites for hydroxylation is 1. The van der Waals surface area contributed by atoms with Crippen LogP contribution in [0.2, 0.25) is 0 Å². The van der Waals surface area contributed by atoms with Crippen LogP contribution in [0, 0.1) is 6.92 Å². The molecule has 0 unspecified atom stereocenters. The average molecular weight is 230 g/mol. The van der Waals surface area contributed by atoms with Crippen LogP contribution in [0.3, 0.4) is 0 Å². The Kier molecular flexibility index (Phi) is 2.38. The van der Waals surface area contributed by atoms with E-state index >= 15 is 0 Å². The van der Waals surface area contributed by atoms with E-state index in [0.717, 1.165) is 0 Å².